The van der Waals surface area contributed by atoms with Crippen molar-refractivity contribution in [3.05, 3.63) is 59.2 Å². The third-order valence-corrected chi connectivity index (χ3v) is 3.20. The van der Waals surface area contributed by atoms with Gasteiger partial charge in [0, 0.05) is 0 Å². The number of nitrogens with zero attached hydrogens (tertiary/aromatic N) is 4. The maximum absolute atomic E-state index is 12.9. The number of rotatable bonds is 2. The molecule has 0 spiro atoms. The van der Waals surface area contributed by atoms with Gasteiger partial charge in [0.15, 0.2) is 0 Å². The minimum atomic E-state index is -4.49. The van der Waals surface area contributed by atoms with Crippen LogP contribution in [-0.2, 0) is 12.7 Å². The van der Waals surface area contributed by atoms with Gasteiger partial charge >= 0.3 is 6.18 Å². The number of hydrogen-bond acceptors (Lipinski definition) is 3. The van der Waals surface area contributed by atoms with Gasteiger partial charge in [-0.05, 0) is 35.9 Å². The topological polar surface area (TPSA) is 54.5 Å². The first-order valence-electron chi connectivity index (χ1n) is 6.37. The van der Waals surface area contributed by atoms with Crippen LogP contribution in [-0.4, -0.2) is 15.0 Å². The van der Waals surface area contributed by atoms with Crippen molar-refractivity contribution < 1.29 is 13.2 Å². The molecule has 0 amide bonds. The zero-order chi connectivity index (χ0) is 15.7. The van der Waals surface area contributed by atoms with Crippen molar-refractivity contribution in [3.63, 3.8) is 0 Å². The maximum Gasteiger partial charge on any atom is 0.416 e. The van der Waals surface area contributed by atoms with Crippen LogP contribution in [0.25, 0.3) is 11.0 Å². The van der Waals surface area contributed by atoms with Crippen molar-refractivity contribution in [2.75, 3.05) is 0 Å². The Balaban J connectivity index is 2.03. The van der Waals surface area contributed by atoms with Crippen molar-refractivity contribution in [1.29, 1.82) is 5.26 Å². The van der Waals surface area contributed by atoms with E-state index in [1.165, 1.54) is 10.7 Å². The molecule has 0 atom stereocenters. The molecule has 3 aromatic rings. The predicted molar refractivity (Wildman–Crippen MR) is 72.8 cm³/mol. The fourth-order valence-corrected chi connectivity index (χ4v) is 2.22. The van der Waals surface area contributed by atoms with Gasteiger partial charge in [0.25, 0.3) is 0 Å². The third kappa shape index (κ3) is 2.63. The highest BCUT2D eigenvalue weighted by molar-refractivity contribution is 5.73. The van der Waals surface area contributed by atoms with Crippen LogP contribution in [0.5, 0.6) is 0 Å². The minimum absolute atomic E-state index is 0.0331. The van der Waals surface area contributed by atoms with Crippen LogP contribution < -0.4 is 0 Å². The summed E-state index contributed by atoms with van der Waals surface area (Å²) < 4.78 is 40.1. The highest BCUT2D eigenvalue weighted by Crippen LogP contribution is 2.31. The van der Waals surface area contributed by atoms with E-state index >= 15 is 0 Å². The van der Waals surface area contributed by atoms with Gasteiger partial charge in [-0.2, -0.15) is 18.4 Å². The standard InChI is InChI=1S/C15H9F3N4/c16-15(17,18)12-6-10(8-19)5-11(7-12)9-22-14-4-2-1-3-13(14)20-21-22/h1-7H,9H2. The second kappa shape index (κ2) is 5.15. The Labute approximate surface area is 123 Å². The summed E-state index contributed by atoms with van der Waals surface area (Å²) in [5.74, 6) is 0. The van der Waals surface area contributed by atoms with Gasteiger partial charge in [-0.25, -0.2) is 4.68 Å². The molecule has 4 nitrogen and oxygen atoms in total. The molecule has 0 saturated heterocycles. The van der Waals surface area contributed by atoms with Gasteiger partial charge < -0.3 is 0 Å². The van der Waals surface area contributed by atoms with Crippen molar-refractivity contribution in [2.24, 2.45) is 0 Å². The van der Waals surface area contributed by atoms with E-state index in [9.17, 15) is 13.2 Å². The number of fused-ring (bicyclic) bond motifs is 1. The largest absolute Gasteiger partial charge is 0.416 e. The zero-order valence-electron chi connectivity index (χ0n) is 11.2. The predicted octanol–water partition coefficient (Wildman–Crippen LogP) is 3.37. The first-order valence-corrected chi connectivity index (χ1v) is 6.37. The SMILES string of the molecule is N#Cc1cc(Cn2nnc3ccccc32)cc(C(F)(F)F)c1. The normalized spacial score (nSPS) is 11.5. The van der Waals surface area contributed by atoms with Crippen LogP contribution in [0.4, 0.5) is 13.2 Å². The minimum Gasteiger partial charge on any atom is -0.240 e. The van der Waals surface area contributed by atoms with E-state index in [1.807, 2.05) is 0 Å². The molecule has 110 valence electrons. The summed E-state index contributed by atoms with van der Waals surface area (Å²) >= 11 is 0. The highest BCUT2D eigenvalue weighted by Gasteiger charge is 2.31. The van der Waals surface area contributed by atoms with Crippen LogP contribution in [0, 0.1) is 11.3 Å². The maximum atomic E-state index is 12.9. The van der Waals surface area contributed by atoms with Gasteiger partial charge in [-0.15, -0.1) is 5.10 Å². The van der Waals surface area contributed by atoms with Gasteiger partial charge in [0.2, 0.25) is 0 Å². The fraction of sp³-hybridized carbons (Fsp3) is 0.133. The smallest absolute Gasteiger partial charge is 0.240 e. The summed E-state index contributed by atoms with van der Waals surface area (Å²) in [5.41, 5.74) is 0.857. The Kier molecular flexibility index (Phi) is 3.29. The summed E-state index contributed by atoms with van der Waals surface area (Å²) in [6.45, 7) is 0.110. The molecule has 7 heteroatoms. The summed E-state index contributed by atoms with van der Waals surface area (Å²) in [6, 6.07) is 12.2. The molecule has 0 N–H and O–H groups in total. The van der Waals surface area contributed by atoms with Crippen molar-refractivity contribution >= 4 is 11.0 Å². The Morgan fingerprint density at radius 1 is 1.14 bits per heavy atom. The van der Waals surface area contributed by atoms with E-state index in [1.54, 1.807) is 30.3 Å². The van der Waals surface area contributed by atoms with Crippen LogP contribution in [0.2, 0.25) is 0 Å². The molecule has 0 aliphatic rings. The Hall–Kier alpha value is -2.88. The summed E-state index contributed by atoms with van der Waals surface area (Å²) in [7, 11) is 0. The molecule has 22 heavy (non-hydrogen) atoms. The average Bonchev–Trinajstić information content (AvgIpc) is 2.89. The summed E-state index contributed by atoms with van der Waals surface area (Å²) in [4.78, 5) is 0. The number of para-hydroxylation sites is 1. The molecule has 1 heterocycles. The van der Waals surface area contributed by atoms with E-state index in [2.05, 4.69) is 10.3 Å². The summed E-state index contributed by atoms with van der Waals surface area (Å²) in [6.07, 6.45) is -4.49. The lowest BCUT2D eigenvalue weighted by Crippen LogP contribution is -2.08. The number of alkyl halides is 3. The Bertz CT molecular complexity index is 874. The van der Waals surface area contributed by atoms with Crippen molar-refractivity contribution in [2.45, 2.75) is 12.7 Å². The first-order chi connectivity index (χ1) is 10.5. The molecule has 0 aliphatic carbocycles. The van der Waals surface area contributed by atoms with Crippen molar-refractivity contribution in [3.8, 4) is 6.07 Å². The van der Waals surface area contributed by atoms with Gasteiger partial charge in [0.05, 0.1) is 29.3 Å². The van der Waals surface area contributed by atoms with Gasteiger partial charge in [0.1, 0.15) is 5.52 Å². The molecule has 0 fully saturated rings. The molecular formula is C15H9F3N4. The zero-order valence-corrected chi connectivity index (χ0v) is 11.2. The Morgan fingerprint density at radius 3 is 2.64 bits per heavy atom. The fourth-order valence-electron chi connectivity index (χ4n) is 2.22. The lowest BCUT2D eigenvalue weighted by atomic mass is 10.1. The van der Waals surface area contributed by atoms with Crippen LogP contribution in [0.1, 0.15) is 16.7 Å². The molecule has 0 unspecified atom stereocenters. The molecule has 3 rings (SSSR count). The van der Waals surface area contributed by atoms with Gasteiger partial charge in [-0.3, -0.25) is 0 Å². The van der Waals surface area contributed by atoms with E-state index in [-0.39, 0.29) is 12.1 Å². The molecule has 0 aliphatic heterocycles. The second-order valence-electron chi connectivity index (χ2n) is 4.76. The van der Waals surface area contributed by atoms with Crippen LogP contribution >= 0.6 is 0 Å². The lowest BCUT2D eigenvalue weighted by Gasteiger charge is -2.10. The second-order valence-corrected chi connectivity index (χ2v) is 4.76. The molecule has 0 bridgehead atoms. The average molecular weight is 302 g/mol. The van der Waals surface area contributed by atoms with E-state index in [4.69, 9.17) is 5.26 Å². The third-order valence-electron chi connectivity index (χ3n) is 3.20. The lowest BCUT2D eigenvalue weighted by molar-refractivity contribution is -0.137. The van der Waals surface area contributed by atoms with E-state index in [0.29, 0.717) is 11.1 Å². The molecule has 1 aromatic heterocycles. The number of halogens is 3. The number of aromatic nitrogens is 3. The van der Waals surface area contributed by atoms with Crippen LogP contribution in [0.15, 0.2) is 42.5 Å². The number of nitriles is 1. The molecular weight excluding hydrogens is 293 g/mol. The molecule has 2 aromatic carbocycles. The Morgan fingerprint density at radius 2 is 1.91 bits per heavy atom. The quantitative estimate of drug-likeness (QED) is 0.729. The van der Waals surface area contributed by atoms with Gasteiger partial charge in [-0.1, -0.05) is 17.3 Å². The number of hydrogen-bond donors (Lipinski definition) is 0. The highest BCUT2D eigenvalue weighted by atomic mass is 19.4. The van der Waals surface area contributed by atoms with Crippen LogP contribution in [0.3, 0.4) is 0 Å². The van der Waals surface area contributed by atoms with Crippen molar-refractivity contribution in [1.82, 2.24) is 15.0 Å². The first kappa shape index (κ1) is 14.1. The van der Waals surface area contributed by atoms with E-state index in [0.717, 1.165) is 17.6 Å². The monoisotopic (exact) mass is 302 g/mol. The molecule has 0 saturated carbocycles. The molecule has 0 radical (unpaired) electrons. The number of benzene rings is 2. The van der Waals surface area contributed by atoms with E-state index < -0.39 is 11.7 Å². The summed E-state index contributed by atoms with van der Waals surface area (Å²) in [5, 5.41) is 16.8.